The molecular weight excluding hydrogens is 292 g/mol. The molecule has 22 heavy (non-hydrogen) atoms. The summed E-state index contributed by atoms with van der Waals surface area (Å²) in [6.07, 6.45) is 0. The fourth-order valence-electron chi connectivity index (χ4n) is 2.24. The van der Waals surface area contributed by atoms with Crippen LogP contribution in [0.4, 0.5) is 10.8 Å². The monoisotopic (exact) mass is 308 g/mol. The van der Waals surface area contributed by atoms with Gasteiger partial charge < -0.3 is 0 Å². The average molecular weight is 308 g/mol. The molecule has 3 aromatic rings. The van der Waals surface area contributed by atoms with Crippen LogP contribution >= 0.6 is 11.3 Å². The number of hydrogen-bond donors (Lipinski definition) is 0. The summed E-state index contributed by atoms with van der Waals surface area (Å²) in [7, 11) is 0. The van der Waals surface area contributed by atoms with Gasteiger partial charge in [-0.1, -0.05) is 35.9 Å². The first-order chi connectivity index (χ1) is 10.6. The van der Waals surface area contributed by atoms with Crippen molar-refractivity contribution in [2.24, 2.45) is 0 Å². The number of carbonyl (C=O) groups is 1. The van der Waals surface area contributed by atoms with Gasteiger partial charge in [0, 0.05) is 10.9 Å². The minimum Gasteiger partial charge on any atom is -0.268 e. The van der Waals surface area contributed by atoms with E-state index in [-0.39, 0.29) is 5.91 Å². The lowest BCUT2D eigenvalue weighted by atomic mass is 10.1. The maximum atomic E-state index is 13.0. The third kappa shape index (κ3) is 2.92. The largest absolute Gasteiger partial charge is 0.268 e. The number of aromatic nitrogens is 1. The summed E-state index contributed by atoms with van der Waals surface area (Å²) in [5.74, 6) is -0.0655. The second-order valence-corrected chi connectivity index (χ2v) is 5.95. The van der Waals surface area contributed by atoms with Crippen molar-refractivity contribution in [3.63, 3.8) is 0 Å². The average Bonchev–Trinajstić information content (AvgIpc) is 2.94. The molecule has 4 heteroatoms. The van der Waals surface area contributed by atoms with Gasteiger partial charge in [-0.3, -0.25) is 9.69 Å². The van der Waals surface area contributed by atoms with E-state index in [1.807, 2.05) is 73.8 Å². The van der Waals surface area contributed by atoms with Crippen molar-refractivity contribution in [1.82, 2.24) is 4.98 Å². The molecule has 3 nitrogen and oxygen atoms in total. The minimum absolute atomic E-state index is 0.0655. The summed E-state index contributed by atoms with van der Waals surface area (Å²) in [6, 6.07) is 17.2. The Kier molecular flexibility index (Phi) is 4.02. The highest BCUT2D eigenvalue weighted by Crippen LogP contribution is 2.30. The van der Waals surface area contributed by atoms with Gasteiger partial charge in [-0.2, -0.15) is 0 Å². The summed E-state index contributed by atoms with van der Waals surface area (Å²) in [4.78, 5) is 19.2. The summed E-state index contributed by atoms with van der Waals surface area (Å²) in [6.45, 7) is 3.91. The first-order valence-corrected chi connectivity index (χ1v) is 7.91. The molecule has 0 aliphatic rings. The van der Waals surface area contributed by atoms with Crippen LogP contribution in [0, 0.1) is 13.8 Å². The van der Waals surface area contributed by atoms with E-state index in [1.165, 1.54) is 11.3 Å². The molecule has 0 saturated carbocycles. The first-order valence-electron chi connectivity index (χ1n) is 7.03. The number of thiazole rings is 1. The third-order valence-electron chi connectivity index (χ3n) is 3.28. The van der Waals surface area contributed by atoms with Gasteiger partial charge in [0.2, 0.25) is 0 Å². The number of anilines is 2. The van der Waals surface area contributed by atoms with Crippen molar-refractivity contribution in [2.75, 3.05) is 4.90 Å². The Morgan fingerprint density at radius 3 is 2.45 bits per heavy atom. The molecule has 0 spiro atoms. The van der Waals surface area contributed by atoms with E-state index in [9.17, 15) is 4.79 Å². The lowest BCUT2D eigenvalue weighted by Crippen LogP contribution is -2.25. The highest BCUT2D eigenvalue weighted by molar-refractivity contribution is 7.14. The van der Waals surface area contributed by atoms with E-state index in [0.717, 1.165) is 16.9 Å². The zero-order chi connectivity index (χ0) is 15.5. The van der Waals surface area contributed by atoms with Crippen LogP contribution in [0.3, 0.4) is 0 Å². The van der Waals surface area contributed by atoms with Crippen molar-refractivity contribution in [1.29, 1.82) is 0 Å². The number of carbonyl (C=O) groups excluding carboxylic acids is 1. The number of rotatable bonds is 3. The Morgan fingerprint density at radius 2 is 1.82 bits per heavy atom. The SMILES string of the molecule is Cc1cccc(C(=O)N(c2ccccc2)c2nc(C)cs2)c1. The van der Waals surface area contributed by atoms with E-state index in [0.29, 0.717) is 10.7 Å². The molecule has 0 bridgehead atoms. The molecule has 0 fully saturated rings. The normalized spacial score (nSPS) is 10.5. The summed E-state index contributed by atoms with van der Waals surface area (Å²) in [5.41, 5.74) is 3.47. The second-order valence-electron chi connectivity index (χ2n) is 5.12. The van der Waals surface area contributed by atoms with E-state index in [1.54, 1.807) is 4.90 Å². The molecule has 0 saturated heterocycles. The zero-order valence-corrected chi connectivity index (χ0v) is 13.3. The molecular formula is C18H16N2OS. The predicted molar refractivity (Wildman–Crippen MR) is 90.9 cm³/mol. The minimum atomic E-state index is -0.0655. The van der Waals surface area contributed by atoms with Crippen LogP contribution in [0.2, 0.25) is 0 Å². The summed E-state index contributed by atoms with van der Waals surface area (Å²) < 4.78 is 0. The topological polar surface area (TPSA) is 33.2 Å². The van der Waals surface area contributed by atoms with Crippen molar-refractivity contribution in [3.8, 4) is 0 Å². The van der Waals surface area contributed by atoms with Gasteiger partial charge in [-0.25, -0.2) is 4.98 Å². The van der Waals surface area contributed by atoms with Crippen molar-refractivity contribution >= 4 is 28.1 Å². The summed E-state index contributed by atoms with van der Waals surface area (Å²) in [5, 5.41) is 2.64. The Hall–Kier alpha value is -2.46. The highest BCUT2D eigenvalue weighted by atomic mass is 32.1. The molecule has 1 aromatic heterocycles. The third-order valence-corrected chi connectivity index (χ3v) is 4.22. The Morgan fingerprint density at radius 1 is 1.05 bits per heavy atom. The van der Waals surface area contributed by atoms with Crippen LogP contribution in [0.25, 0.3) is 0 Å². The van der Waals surface area contributed by atoms with Crippen LogP contribution in [0.5, 0.6) is 0 Å². The maximum Gasteiger partial charge on any atom is 0.264 e. The number of amides is 1. The van der Waals surface area contributed by atoms with Crippen LogP contribution in [0.1, 0.15) is 21.6 Å². The van der Waals surface area contributed by atoms with Gasteiger partial charge in [0.15, 0.2) is 5.13 Å². The van der Waals surface area contributed by atoms with Gasteiger partial charge in [-0.05, 0) is 38.1 Å². The van der Waals surface area contributed by atoms with Crippen LogP contribution in [-0.4, -0.2) is 10.9 Å². The van der Waals surface area contributed by atoms with E-state index in [4.69, 9.17) is 0 Å². The number of para-hydroxylation sites is 1. The molecule has 1 amide bonds. The first kappa shape index (κ1) is 14.5. The van der Waals surface area contributed by atoms with E-state index < -0.39 is 0 Å². The predicted octanol–water partition coefficient (Wildman–Crippen LogP) is 4.74. The van der Waals surface area contributed by atoms with Crippen LogP contribution in [0.15, 0.2) is 60.0 Å². The summed E-state index contributed by atoms with van der Waals surface area (Å²) >= 11 is 1.47. The molecule has 0 unspecified atom stereocenters. The quantitative estimate of drug-likeness (QED) is 0.700. The lowest BCUT2D eigenvalue weighted by Gasteiger charge is -2.20. The zero-order valence-electron chi connectivity index (χ0n) is 12.5. The van der Waals surface area contributed by atoms with Crippen molar-refractivity contribution in [3.05, 3.63) is 76.8 Å². The van der Waals surface area contributed by atoms with Gasteiger partial charge in [-0.15, -0.1) is 11.3 Å². The smallest absolute Gasteiger partial charge is 0.264 e. The van der Waals surface area contributed by atoms with Gasteiger partial charge in [0.25, 0.3) is 5.91 Å². The second kappa shape index (κ2) is 6.12. The Labute approximate surface area is 133 Å². The van der Waals surface area contributed by atoms with Crippen molar-refractivity contribution in [2.45, 2.75) is 13.8 Å². The van der Waals surface area contributed by atoms with Gasteiger partial charge >= 0.3 is 0 Å². The fraction of sp³-hybridized carbons (Fsp3) is 0.111. The highest BCUT2D eigenvalue weighted by Gasteiger charge is 2.22. The Bertz CT molecular complexity index is 796. The van der Waals surface area contributed by atoms with Gasteiger partial charge in [0.05, 0.1) is 11.4 Å². The van der Waals surface area contributed by atoms with Crippen LogP contribution in [-0.2, 0) is 0 Å². The molecule has 110 valence electrons. The van der Waals surface area contributed by atoms with Crippen LogP contribution < -0.4 is 4.90 Å². The van der Waals surface area contributed by atoms with Gasteiger partial charge in [0.1, 0.15) is 0 Å². The molecule has 0 atom stereocenters. The number of aryl methyl sites for hydroxylation is 2. The molecule has 0 radical (unpaired) electrons. The molecule has 2 aromatic carbocycles. The number of benzene rings is 2. The molecule has 0 aliphatic heterocycles. The molecule has 3 rings (SSSR count). The molecule has 1 heterocycles. The van der Waals surface area contributed by atoms with E-state index in [2.05, 4.69) is 4.98 Å². The Balaban J connectivity index is 2.08. The standard InChI is InChI=1S/C18H16N2OS/c1-13-7-6-8-15(11-13)17(21)20(16-9-4-3-5-10-16)18-19-14(2)12-22-18/h3-12H,1-2H3. The lowest BCUT2D eigenvalue weighted by molar-refractivity contribution is 0.0999. The van der Waals surface area contributed by atoms with Crippen molar-refractivity contribution < 1.29 is 4.79 Å². The molecule has 0 N–H and O–H groups in total. The fourth-order valence-corrected chi connectivity index (χ4v) is 3.06. The number of hydrogen-bond acceptors (Lipinski definition) is 3. The number of nitrogens with zero attached hydrogens (tertiary/aromatic N) is 2. The maximum absolute atomic E-state index is 13.0. The molecule has 0 aliphatic carbocycles. The van der Waals surface area contributed by atoms with E-state index >= 15 is 0 Å².